The van der Waals surface area contributed by atoms with Crippen molar-refractivity contribution in [2.45, 2.75) is 52.0 Å². The summed E-state index contributed by atoms with van der Waals surface area (Å²) in [6, 6.07) is 5.13. The van der Waals surface area contributed by atoms with Crippen molar-refractivity contribution < 1.29 is 4.92 Å². The van der Waals surface area contributed by atoms with Gasteiger partial charge in [-0.3, -0.25) is 10.1 Å². The van der Waals surface area contributed by atoms with Crippen LogP contribution in [0, 0.1) is 10.1 Å². The van der Waals surface area contributed by atoms with Crippen LogP contribution in [0.25, 0.3) is 0 Å². The molecular formula is C14H21ClN2O2. The summed E-state index contributed by atoms with van der Waals surface area (Å²) in [6.45, 7) is 4.28. The number of hydrogen-bond acceptors (Lipinski definition) is 3. The van der Waals surface area contributed by atoms with E-state index in [-0.39, 0.29) is 10.7 Å². The van der Waals surface area contributed by atoms with Crippen LogP contribution in [0.5, 0.6) is 0 Å². The molecule has 0 aliphatic carbocycles. The largest absolute Gasteiger partial charge is 0.382 e. The lowest BCUT2D eigenvalue weighted by Crippen LogP contribution is -2.14. The van der Waals surface area contributed by atoms with Crippen LogP contribution in [0.1, 0.15) is 46.0 Å². The molecule has 0 aliphatic rings. The Kier molecular flexibility index (Phi) is 6.64. The minimum Gasteiger partial charge on any atom is -0.382 e. The predicted molar refractivity (Wildman–Crippen MR) is 80.0 cm³/mol. The second kappa shape index (κ2) is 8.00. The molecule has 1 aromatic rings. The van der Waals surface area contributed by atoms with Gasteiger partial charge in [0.25, 0.3) is 5.69 Å². The molecule has 5 heteroatoms. The average molecular weight is 285 g/mol. The van der Waals surface area contributed by atoms with Gasteiger partial charge in [-0.25, -0.2) is 0 Å². The van der Waals surface area contributed by atoms with E-state index in [0.29, 0.717) is 6.04 Å². The van der Waals surface area contributed by atoms with E-state index in [9.17, 15) is 10.1 Å². The molecule has 1 unspecified atom stereocenters. The van der Waals surface area contributed by atoms with Gasteiger partial charge in [-0.05, 0) is 25.5 Å². The molecule has 0 amide bonds. The molecule has 1 rings (SSSR count). The lowest BCUT2D eigenvalue weighted by Gasteiger charge is -2.15. The maximum atomic E-state index is 10.8. The zero-order valence-electron chi connectivity index (χ0n) is 11.5. The molecule has 4 nitrogen and oxygen atoms in total. The molecule has 0 aromatic heterocycles. The van der Waals surface area contributed by atoms with E-state index in [0.717, 1.165) is 12.1 Å². The Hall–Kier alpha value is -1.29. The maximum Gasteiger partial charge on any atom is 0.289 e. The number of hydrogen-bond donors (Lipinski definition) is 1. The molecule has 0 heterocycles. The fraction of sp³-hybridized carbons (Fsp3) is 0.571. The van der Waals surface area contributed by atoms with Crippen molar-refractivity contribution in [1.29, 1.82) is 0 Å². The van der Waals surface area contributed by atoms with Gasteiger partial charge in [0.15, 0.2) is 0 Å². The number of halogens is 1. The first-order valence-electron chi connectivity index (χ1n) is 6.75. The van der Waals surface area contributed by atoms with Crippen LogP contribution in [0.15, 0.2) is 18.2 Å². The van der Waals surface area contributed by atoms with E-state index in [2.05, 4.69) is 19.2 Å². The van der Waals surface area contributed by atoms with Gasteiger partial charge in [-0.2, -0.15) is 0 Å². The molecule has 0 bridgehead atoms. The third kappa shape index (κ3) is 5.47. The van der Waals surface area contributed by atoms with Gasteiger partial charge in [0, 0.05) is 17.8 Å². The molecular weight excluding hydrogens is 264 g/mol. The molecule has 0 spiro atoms. The molecule has 0 saturated heterocycles. The average Bonchev–Trinajstić information content (AvgIpc) is 2.36. The number of nitrogens with one attached hydrogen (secondary N) is 1. The summed E-state index contributed by atoms with van der Waals surface area (Å²) in [5.41, 5.74) is 0.698. The van der Waals surface area contributed by atoms with E-state index < -0.39 is 4.92 Å². The number of rotatable bonds is 8. The van der Waals surface area contributed by atoms with Crippen molar-refractivity contribution in [2.75, 3.05) is 5.32 Å². The number of nitrogens with zero attached hydrogens (tertiary/aromatic N) is 1. The standard InChI is InChI=1S/C14H21ClN2O2/c1-3-4-5-6-7-11(2)16-12-8-9-13(15)14(10-12)17(18)19/h8-11,16H,3-7H2,1-2H3. The molecule has 0 radical (unpaired) electrons. The molecule has 0 fully saturated rings. The van der Waals surface area contributed by atoms with Crippen LogP contribution in [-0.4, -0.2) is 11.0 Å². The molecule has 0 saturated carbocycles. The summed E-state index contributed by atoms with van der Waals surface area (Å²) in [5.74, 6) is 0. The molecule has 1 atom stereocenters. The van der Waals surface area contributed by atoms with Crippen LogP contribution in [-0.2, 0) is 0 Å². The Balaban J connectivity index is 2.52. The number of benzene rings is 1. The Bertz CT molecular complexity index is 424. The highest BCUT2D eigenvalue weighted by Gasteiger charge is 2.13. The zero-order valence-corrected chi connectivity index (χ0v) is 12.2. The highest BCUT2D eigenvalue weighted by Crippen LogP contribution is 2.27. The van der Waals surface area contributed by atoms with Gasteiger partial charge in [0.1, 0.15) is 5.02 Å². The Labute approximate surface area is 119 Å². The summed E-state index contributed by atoms with van der Waals surface area (Å²) in [7, 11) is 0. The quantitative estimate of drug-likeness (QED) is 0.414. The van der Waals surface area contributed by atoms with Crippen molar-refractivity contribution in [3.8, 4) is 0 Å². The molecule has 1 N–H and O–H groups in total. The zero-order chi connectivity index (χ0) is 14.3. The van der Waals surface area contributed by atoms with Gasteiger partial charge in [0.2, 0.25) is 0 Å². The molecule has 106 valence electrons. The fourth-order valence-corrected chi connectivity index (χ4v) is 2.16. The van der Waals surface area contributed by atoms with Gasteiger partial charge < -0.3 is 5.32 Å². The fourth-order valence-electron chi connectivity index (χ4n) is 1.98. The monoisotopic (exact) mass is 284 g/mol. The Morgan fingerprint density at radius 2 is 2.11 bits per heavy atom. The molecule has 1 aromatic carbocycles. The summed E-state index contributed by atoms with van der Waals surface area (Å²) < 4.78 is 0. The van der Waals surface area contributed by atoms with Crippen molar-refractivity contribution in [2.24, 2.45) is 0 Å². The highest BCUT2D eigenvalue weighted by atomic mass is 35.5. The van der Waals surface area contributed by atoms with Gasteiger partial charge >= 0.3 is 0 Å². The lowest BCUT2D eigenvalue weighted by atomic mass is 10.1. The molecule has 0 aliphatic heterocycles. The van der Waals surface area contributed by atoms with E-state index in [1.54, 1.807) is 12.1 Å². The van der Waals surface area contributed by atoms with Crippen LogP contribution < -0.4 is 5.32 Å². The SMILES string of the molecule is CCCCCCC(C)Nc1ccc(Cl)c([N+](=O)[O-])c1. The summed E-state index contributed by atoms with van der Waals surface area (Å²) in [5, 5.41) is 14.2. The number of unbranched alkanes of at least 4 members (excludes halogenated alkanes) is 3. The third-order valence-corrected chi connectivity index (χ3v) is 3.37. The normalized spacial score (nSPS) is 12.2. The Morgan fingerprint density at radius 3 is 2.74 bits per heavy atom. The van der Waals surface area contributed by atoms with Crippen molar-refractivity contribution in [1.82, 2.24) is 0 Å². The van der Waals surface area contributed by atoms with E-state index in [1.807, 2.05) is 0 Å². The number of nitro benzene ring substituents is 1. The van der Waals surface area contributed by atoms with Gasteiger partial charge in [0.05, 0.1) is 4.92 Å². The van der Waals surface area contributed by atoms with E-state index >= 15 is 0 Å². The van der Waals surface area contributed by atoms with E-state index in [1.165, 1.54) is 31.7 Å². The lowest BCUT2D eigenvalue weighted by molar-refractivity contribution is -0.384. The first-order chi connectivity index (χ1) is 9.04. The van der Waals surface area contributed by atoms with E-state index in [4.69, 9.17) is 11.6 Å². The van der Waals surface area contributed by atoms with Crippen LogP contribution in [0.4, 0.5) is 11.4 Å². The second-order valence-electron chi connectivity index (χ2n) is 4.82. The smallest absolute Gasteiger partial charge is 0.289 e. The van der Waals surface area contributed by atoms with Crippen molar-refractivity contribution >= 4 is 23.0 Å². The van der Waals surface area contributed by atoms with Crippen LogP contribution in [0.3, 0.4) is 0 Å². The summed E-state index contributed by atoms with van der Waals surface area (Å²) in [6.07, 6.45) is 5.97. The van der Waals surface area contributed by atoms with Gasteiger partial charge in [-0.15, -0.1) is 0 Å². The number of nitro groups is 1. The highest BCUT2D eigenvalue weighted by molar-refractivity contribution is 6.32. The third-order valence-electron chi connectivity index (χ3n) is 3.05. The molecule has 19 heavy (non-hydrogen) atoms. The summed E-state index contributed by atoms with van der Waals surface area (Å²) in [4.78, 5) is 10.3. The minimum atomic E-state index is -0.459. The first-order valence-corrected chi connectivity index (χ1v) is 7.13. The maximum absolute atomic E-state index is 10.8. The second-order valence-corrected chi connectivity index (χ2v) is 5.23. The predicted octanol–water partition coefficient (Wildman–Crippen LogP) is 5.02. The van der Waals surface area contributed by atoms with Crippen LogP contribution in [0.2, 0.25) is 5.02 Å². The number of anilines is 1. The van der Waals surface area contributed by atoms with Crippen molar-refractivity contribution in [3.05, 3.63) is 33.3 Å². The van der Waals surface area contributed by atoms with Crippen molar-refractivity contribution in [3.63, 3.8) is 0 Å². The minimum absolute atomic E-state index is 0.0511. The Morgan fingerprint density at radius 1 is 1.37 bits per heavy atom. The first kappa shape index (κ1) is 15.8. The van der Waals surface area contributed by atoms with Crippen LogP contribution >= 0.6 is 11.6 Å². The van der Waals surface area contributed by atoms with Gasteiger partial charge in [-0.1, -0.05) is 44.2 Å². The summed E-state index contributed by atoms with van der Waals surface area (Å²) >= 11 is 5.78. The topological polar surface area (TPSA) is 55.2 Å².